The smallest absolute Gasteiger partial charge is 0.315 e. The van der Waals surface area contributed by atoms with Gasteiger partial charge >= 0.3 is 6.03 Å². The number of amides is 2. The molecule has 25 heavy (non-hydrogen) atoms. The van der Waals surface area contributed by atoms with Crippen molar-refractivity contribution in [2.75, 3.05) is 13.2 Å². The Bertz CT molecular complexity index is 686. The van der Waals surface area contributed by atoms with Gasteiger partial charge in [0.25, 0.3) is 0 Å². The van der Waals surface area contributed by atoms with Crippen LogP contribution in [0.3, 0.4) is 0 Å². The molecule has 2 N–H and O–H groups in total. The van der Waals surface area contributed by atoms with E-state index in [1.165, 1.54) is 0 Å². The number of ether oxygens (including phenoxy) is 1. The van der Waals surface area contributed by atoms with Gasteiger partial charge in [0.15, 0.2) is 5.82 Å². The number of fused-ring (bicyclic) bond motifs is 1. The van der Waals surface area contributed by atoms with Gasteiger partial charge in [-0.2, -0.15) is 0 Å². The summed E-state index contributed by atoms with van der Waals surface area (Å²) in [6, 6.07) is 9.92. The number of urea groups is 1. The molecule has 0 spiro atoms. The van der Waals surface area contributed by atoms with Gasteiger partial charge in [0.05, 0.1) is 12.6 Å². The van der Waals surface area contributed by atoms with Crippen LogP contribution in [0.25, 0.3) is 0 Å². The first kappa shape index (κ1) is 17.4. The van der Waals surface area contributed by atoms with Crippen molar-refractivity contribution in [1.82, 2.24) is 25.4 Å². The summed E-state index contributed by atoms with van der Waals surface area (Å²) in [5, 5.41) is 13.9. The van der Waals surface area contributed by atoms with Crippen molar-refractivity contribution >= 4 is 6.03 Å². The number of aryl methyl sites for hydroxylation is 1. The van der Waals surface area contributed by atoms with E-state index in [1.54, 1.807) is 0 Å². The first-order valence-corrected chi connectivity index (χ1v) is 8.83. The summed E-state index contributed by atoms with van der Waals surface area (Å²) >= 11 is 0. The first-order chi connectivity index (χ1) is 12.2. The second-order valence-electron chi connectivity index (χ2n) is 6.17. The Balaban J connectivity index is 1.28. The van der Waals surface area contributed by atoms with Crippen molar-refractivity contribution in [3.05, 3.63) is 47.5 Å². The molecule has 3 rings (SSSR count). The Hall–Kier alpha value is -2.41. The molecule has 0 saturated carbocycles. The van der Waals surface area contributed by atoms with E-state index in [-0.39, 0.29) is 12.1 Å². The quantitative estimate of drug-likeness (QED) is 0.720. The maximum absolute atomic E-state index is 11.8. The van der Waals surface area contributed by atoms with E-state index in [1.807, 2.05) is 25.1 Å². The molecule has 0 aliphatic carbocycles. The molecule has 0 fully saturated rings. The van der Waals surface area contributed by atoms with Crippen LogP contribution in [0.4, 0.5) is 4.79 Å². The highest BCUT2D eigenvalue weighted by atomic mass is 16.5. The third kappa shape index (κ3) is 4.79. The number of benzene rings is 1. The molecule has 1 unspecified atom stereocenters. The summed E-state index contributed by atoms with van der Waals surface area (Å²) < 4.78 is 7.87. The molecule has 0 radical (unpaired) electrons. The minimum Gasteiger partial charge on any atom is -0.374 e. The molecule has 1 aliphatic heterocycles. The van der Waals surface area contributed by atoms with Gasteiger partial charge in [-0.25, -0.2) is 4.79 Å². The zero-order valence-corrected chi connectivity index (χ0v) is 14.6. The SMILES string of the molecule is CC(OCCCNC(=O)NCc1nnc2n1CCC2)c1ccccc1. The molecule has 7 nitrogen and oxygen atoms in total. The van der Waals surface area contributed by atoms with Gasteiger partial charge in [-0.15, -0.1) is 10.2 Å². The Morgan fingerprint density at radius 2 is 2.12 bits per heavy atom. The van der Waals surface area contributed by atoms with E-state index in [0.717, 1.165) is 43.0 Å². The molecule has 0 bridgehead atoms. The minimum absolute atomic E-state index is 0.0602. The van der Waals surface area contributed by atoms with Gasteiger partial charge in [0, 0.05) is 26.1 Å². The van der Waals surface area contributed by atoms with Crippen molar-refractivity contribution in [3.63, 3.8) is 0 Å². The lowest BCUT2D eigenvalue weighted by molar-refractivity contribution is 0.0644. The molecule has 2 heterocycles. The van der Waals surface area contributed by atoms with Gasteiger partial charge in [-0.1, -0.05) is 30.3 Å². The lowest BCUT2D eigenvalue weighted by Crippen LogP contribution is -2.36. The summed E-state index contributed by atoms with van der Waals surface area (Å²) in [7, 11) is 0. The first-order valence-electron chi connectivity index (χ1n) is 8.83. The Morgan fingerprint density at radius 1 is 1.28 bits per heavy atom. The Kier molecular flexibility index (Phi) is 6.00. The van der Waals surface area contributed by atoms with Crippen LogP contribution in [-0.4, -0.2) is 33.9 Å². The van der Waals surface area contributed by atoms with Gasteiger partial charge in [0.1, 0.15) is 5.82 Å². The van der Waals surface area contributed by atoms with Gasteiger partial charge < -0.3 is 19.9 Å². The van der Waals surface area contributed by atoms with Crippen LogP contribution in [0.15, 0.2) is 30.3 Å². The Morgan fingerprint density at radius 3 is 2.96 bits per heavy atom. The molecular formula is C18H25N5O2. The zero-order chi connectivity index (χ0) is 17.5. The fourth-order valence-corrected chi connectivity index (χ4v) is 2.92. The maximum Gasteiger partial charge on any atom is 0.315 e. The number of rotatable bonds is 8. The van der Waals surface area contributed by atoms with E-state index in [2.05, 4.69) is 37.5 Å². The summed E-state index contributed by atoms with van der Waals surface area (Å²) in [6.07, 6.45) is 2.90. The fourth-order valence-electron chi connectivity index (χ4n) is 2.92. The van der Waals surface area contributed by atoms with Crippen LogP contribution in [-0.2, 0) is 24.2 Å². The summed E-state index contributed by atoms with van der Waals surface area (Å²) in [5.74, 6) is 1.84. The molecule has 1 aliphatic rings. The van der Waals surface area contributed by atoms with E-state index in [4.69, 9.17) is 4.74 Å². The van der Waals surface area contributed by atoms with Crippen LogP contribution in [0.2, 0.25) is 0 Å². The molecule has 0 saturated heterocycles. The van der Waals surface area contributed by atoms with Crippen LogP contribution in [0.5, 0.6) is 0 Å². The number of carbonyl (C=O) groups is 1. The fraction of sp³-hybridized carbons (Fsp3) is 0.500. The molecule has 7 heteroatoms. The van der Waals surface area contributed by atoms with E-state index in [0.29, 0.717) is 19.7 Å². The highest BCUT2D eigenvalue weighted by Crippen LogP contribution is 2.15. The Labute approximate surface area is 147 Å². The van der Waals surface area contributed by atoms with Crippen molar-refractivity contribution < 1.29 is 9.53 Å². The lowest BCUT2D eigenvalue weighted by Gasteiger charge is -2.13. The van der Waals surface area contributed by atoms with Crippen LogP contribution in [0.1, 0.15) is 43.1 Å². The molecule has 134 valence electrons. The number of nitrogens with one attached hydrogen (secondary N) is 2. The van der Waals surface area contributed by atoms with Crippen molar-refractivity contribution in [3.8, 4) is 0 Å². The maximum atomic E-state index is 11.8. The number of aromatic nitrogens is 3. The number of hydrogen-bond donors (Lipinski definition) is 2. The topological polar surface area (TPSA) is 81.1 Å². The predicted molar refractivity (Wildman–Crippen MR) is 94.0 cm³/mol. The standard InChI is InChI=1S/C18H25N5O2/c1-14(15-7-3-2-4-8-15)25-12-6-10-19-18(24)20-13-17-22-21-16-9-5-11-23(16)17/h2-4,7-8,14H,5-6,9-13H2,1H3,(H2,19,20,24). The average molecular weight is 343 g/mol. The second-order valence-corrected chi connectivity index (χ2v) is 6.17. The van der Waals surface area contributed by atoms with Crippen LogP contribution < -0.4 is 10.6 Å². The summed E-state index contributed by atoms with van der Waals surface area (Å²) in [4.78, 5) is 11.8. The normalized spacial score (nSPS) is 14.1. The monoisotopic (exact) mass is 343 g/mol. The van der Waals surface area contributed by atoms with Crippen molar-refractivity contribution in [2.24, 2.45) is 0 Å². The van der Waals surface area contributed by atoms with Crippen LogP contribution in [0, 0.1) is 0 Å². The minimum atomic E-state index is -0.188. The molecule has 1 atom stereocenters. The van der Waals surface area contributed by atoms with Gasteiger partial charge in [0.2, 0.25) is 0 Å². The average Bonchev–Trinajstić information content (AvgIpc) is 3.24. The predicted octanol–water partition coefficient (Wildman–Crippen LogP) is 2.19. The third-order valence-corrected chi connectivity index (χ3v) is 4.34. The largest absolute Gasteiger partial charge is 0.374 e. The number of hydrogen-bond acceptors (Lipinski definition) is 4. The van der Waals surface area contributed by atoms with Crippen molar-refractivity contribution in [2.45, 2.75) is 45.4 Å². The molecule has 1 aromatic heterocycles. The van der Waals surface area contributed by atoms with E-state index < -0.39 is 0 Å². The molecule has 2 aromatic rings. The highest BCUT2D eigenvalue weighted by Gasteiger charge is 2.17. The third-order valence-electron chi connectivity index (χ3n) is 4.34. The van der Waals surface area contributed by atoms with Gasteiger partial charge in [-0.3, -0.25) is 0 Å². The molecule has 1 aromatic carbocycles. The van der Waals surface area contributed by atoms with Crippen molar-refractivity contribution in [1.29, 1.82) is 0 Å². The highest BCUT2D eigenvalue weighted by molar-refractivity contribution is 5.73. The number of nitrogens with zero attached hydrogens (tertiary/aromatic N) is 3. The van der Waals surface area contributed by atoms with E-state index in [9.17, 15) is 4.79 Å². The zero-order valence-electron chi connectivity index (χ0n) is 14.6. The number of carbonyl (C=O) groups excluding carboxylic acids is 1. The van der Waals surface area contributed by atoms with E-state index >= 15 is 0 Å². The van der Waals surface area contributed by atoms with Crippen LogP contribution >= 0.6 is 0 Å². The molecular weight excluding hydrogens is 318 g/mol. The second kappa shape index (κ2) is 8.62. The summed E-state index contributed by atoms with van der Waals surface area (Å²) in [5.41, 5.74) is 1.16. The lowest BCUT2D eigenvalue weighted by atomic mass is 10.1. The molecule has 2 amide bonds. The summed E-state index contributed by atoms with van der Waals surface area (Å²) in [6.45, 7) is 4.56. The van der Waals surface area contributed by atoms with Gasteiger partial charge in [-0.05, 0) is 25.3 Å².